The number of benzene rings is 3. The zero-order chi connectivity index (χ0) is 24.9. The van der Waals surface area contributed by atoms with E-state index in [1.807, 2.05) is 0 Å². The number of ether oxygens (including phenoxy) is 3. The normalized spacial score (nSPS) is 14.9. The molecule has 5 rings (SSSR count). The predicted molar refractivity (Wildman–Crippen MR) is 125 cm³/mol. The van der Waals surface area contributed by atoms with Gasteiger partial charge in [0, 0.05) is 29.2 Å². The standard InChI is InChI=1S/C26H20O9/c1-32-19-6-4-12(8-21(19)33-2)14-9-23(31)34-22-11-18(30)25-17(29)10-20(35-26(25)24(14)22)13-3-5-15(27)16(28)7-13/h3-8,10-11,14,27-28,30H,9H2,1-2H3/t14-/m1/s1. The molecule has 3 aromatic carbocycles. The molecule has 0 unspecified atom stereocenters. The molecule has 1 aliphatic rings. The third-order valence-electron chi connectivity index (χ3n) is 5.99. The van der Waals surface area contributed by atoms with E-state index in [-0.39, 0.29) is 40.4 Å². The van der Waals surface area contributed by atoms with Crippen LogP contribution in [0.2, 0.25) is 0 Å². The molecule has 0 radical (unpaired) electrons. The number of aromatic hydroxyl groups is 3. The lowest BCUT2D eigenvalue weighted by Crippen LogP contribution is -2.22. The summed E-state index contributed by atoms with van der Waals surface area (Å²) in [6, 6.07) is 11.6. The van der Waals surface area contributed by atoms with Crippen molar-refractivity contribution in [2.45, 2.75) is 12.3 Å². The zero-order valence-electron chi connectivity index (χ0n) is 18.7. The van der Waals surface area contributed by atoms with Crippen LogP contribution in [0.3, 0.4) is 0 Å². The minimum Gasteiger partial charge on any atom is -0.507 e. The van der Waals surface area contributed by atoms with Crippen LogP contribution in [0.4, 0.5) is 0 Å². The lowest BCUT2D eigenvalue weighted by atomic mass is 9.85. The smallest absolute Gasteiger partial charge is 0.312 e. The van der Waals surface area contributed by atoms with Crippen molar-refractivity contribution >= 4 is 16.9 Å². The molecule has 3 N–H and O–H groups in total. The molecule has 1 aliphatic heterocycles. The second-order valence-electron chi connectivity index (χ2n) is 8.04. The van der Waals surface area contributed by atoms with Gasteiger partial charge in [-0.05, 0) is 35.9 Å². The minimum atomic E-state index is -0.583. The fourth-order valence-corrected chi connectivity index (χ4v) is 4.33. The SMILES string of the molecule is COc1ccc([C@H]2CC(=O)Oc3cc(O)c4c(=O)cc(-c5ccc(O)c(O)c5)oc4c32)cc1OC. The number of rotatable bonds is 4. The molecule has 0 saturated carbocycles. The molecular weight excluding hydrogens is 456 g/mol. The molecule has 0 spiro atoms. The Labute approximate surface area is 198 Å². The Bertz CT molecular complexity index is 1550. The van der Waals surface area contributed by atoms with Gasteiger partial charge in [0.05, 0.1) is 20.6 Å². The second kappa shape index (κ2) is 8.28. The summed E-state index contributed by atoms with van der Waals surface area (Å²) >= 11 is 0. The van der Waals surface area contributed by atoms with Crippen molar-refractivity contribution in [1.29, 1.82) is 0 Å². The van der Waals surface area contributed by atoms with Gasteiger partial charge in [-0.2, -0.15) is 0 Å². The highest BCUT2D eigenvalue weighted by Crippen LogP contribution is 2.47. The third-order valence-corrected chi connectivity index (χ3v) is 5.99. The Hall–Kier alpha value is -4.66. The molecule has 0 saturated heterocycles. The maximum Gasteiger partial charge on any atom is 0.312 e. The summed E-state index contributed by atoms with van der Waals surface area (Å²) in [5, 5.41) is 30.0. The minimum absolute atomic E-state index is 0.0438. The highest BCUT2D eigenvalue weighted by Gasteiger charge is 2.34. The lowest BCUT2D eigenvalue weighted by molar-refractivity contribution is -0.135. The zero-order valence-corrected chi connectivity index (χ0v) is 18.7. The van der Waals surface area contributed by atoms with E-state index in [1.54, 1.807) is 18.2 Å². The second-order valence-corrected chi connectivity index (χ2v) is 8.04. The molecule has 4 aromatic rings. The Balaban J connectivity index is 1.79. The van der Waals surface area contributed by atoms with Gasteiger partial charge in [0.2, 0.25) is 0 Å². The van der Waals surface area contributed by atoms with Crippen LogP contribution in [-0.4, -0.2) is 35.5 Å². The van der Waals surface area contributed by atoms with Crippen LogP contribution in [0.15, 0.2) is 57.7 Å². The van der Waals surface area contributed by atoms with Crippen molar-refractivity contribution in [3.63, 3.8) is 0 Å². The first kappa shape index (κ1) is 22.1. The van der Waals surface area contributed by atoms with E-state index in [0.29, 0.717) is 28.2 Å². The first-order valence-corrected chi connectivity index (χ1v) is 10.6. The van der Waals surface area contributed by atoms with Crippen LogP contribution in [0, 0.1) is 0 Å². The Morgan fingerprint density at radius 1 is 0.857 bits per heavy atom. The average molecular weight is 476 g/mol. The fraction of sp³-hybridized carbons (Fsp3) is 0.154. The molecule has 2 heterocycles. The van der Waals surface area contributed by atoms with E-state index >= 15 is 0 Å². The van der Waals surface area contributed by atoms with Crippen molar-refractivity contribution in [3.8, 4) is 45.8 Å². The number of carbonyl (C=O) groups excluding carboxylic acids is 1. The first-order chi connectivity index (χ1) is 16.8. The van der Waals surface area contributed by atoms with Gasteiger partial charge in [0.25, 0.3) is 0 Å². The lowest BCUT2D eigenvalue weighted by Gasteiger charge is -2.26. The predicted octanol–water partition coefficient (Wildman–Crippen LogP) is 4.04. The number of fused-ring (bicyclic) bond motifs is 3. The molecule has 0 amide bonds. The molecule has 35 heavy (non-hydrogen) atoms. The molecule has 9 nitrogen and oxygen atoms in total. The largest absolute Gasteiger partial charge is 0.507 e. The summed E-state index contributed by atoms with van der Waals surface area (Å²) < 4.78 is 22.2. The van der Waals surface area contributed by atoms with Crippen LogP contribution in [0.5, 0.6) is 34.5 Å². The average Bonchev–Trinajstić information content (AvgIpc) is 2.84. The molecule has 1 atom stereocenters. The van der Waals surface area contributed by atoms with Gasteiger partial charge in [-0.1, -0.05) is 6.07 Å². The molecule has 0 aliphatic carbocycles. The van der Waals surface area contributed by atoms with Crippen molar-refractivity contribution in [2.75, 3.05) is 14.2 Å². The molecule has 9 heteroatoms. The van der Waals surface area contributed by atoms with Gasteiger partial charge in [-0.25, -0.2) is 0 Å². The summed E-state index contributed by atoms with van der Waals surface area (Å²) in [5.41, 5.74) is 0.931. The quantitative estimate of drug-likeness (QED) is 0.226. The van der Waals surface area contributed by atoms with Crippen LogP contribution >= 0.6 is 0 Å². The first-order valence-electron chi connectivity index (χ1n) is 10.6. The highest BCUT2D eigenvalue weighted by atomic mass is 16.5. The van der Waals surface area contributed by atoms with Gasteiger partial charge in [0.1, 0.15) is 28.2 Å². The number of esters is 1. The Morgan fingerprint density at radius 3 is 2.34 bits per heavy atom. The van der Waals surface area contributed by atoms with E-state index < -0.39 is 23.1 Å². The third kappa shape index (κ3) is 3.67. The van der Waals surface area contributed by atoms with Crippen LogP contribution in [0.25, 0.3) is 22.3 Å². The molecular formula is C26H20O9. The van der Waals surface area contributed by atoms with E-state index in [0.717, 1.165) is 0 Å². The molecule has 1 aromatic heterocycles. The number of phenols is 3. The van der Waals surface area contributed by atoms with Crippen molar-refractivity contribution in [2.24, 2.45) is 0 Å². The van der Waals surface area contributed by atoms with Crippen molar-refractivity contribution in [1.82, 2.24) is 0 Å². The summed E-state index contributed by atoms with van der Waals surface area (Å²) in [6.45, 7) is 0. The van der Waals surface area contributed by atoms with Gasteiger partial charge < -0.3 is 33.9 Å². The molecule has 0 bridgehead atoms. The van der Waals surface area contributed by atoms with Crippen LogP contribution in [0.1, 0.15) is 23.5 Å². The topological polar surface area (TPSA) is 136 Å². The van der Waals surface area contributed by atoms with Crippen LogP contribution < -0.4 is 19.6 Å². The number of hydrogen-bond donors (Lipinski definition) is 3. The number of phenolic OH excluding ortho intramolecular Hbond substituents is 3. The van der Waals surface area contributed by atoms with E-state index in [1.165, 1.54) is 44.6 Å². The molecule has 0 fully saturated rings. The van der Waals surface area contributed by atoms with Gasteiger partial charge in [0.15, 0.2) is 28.4 Å². The van der Waals surface area contributed by atoms with Crippen molar-refractivity contribution in [3.05, 3.63) is 69.9 Å². The Morgan fingerprint density at radius 2 is 1.63 bits per heavy atom. The van der Waals surface area contributed by atoms with Crippen molar-refractivity contribution < 1.29 is 38.7 Å². The maximum atomic E-state index is 13.0. The van der Waals surface area contributed by atoms with E-state index in [9.17, 15) is 24.9 Å². The highest BCUT2D eigenvalue weighted by molar-refractivity contribution is 5.93. The van der Waals surface area contributed by atoms with Crippen LogP contribution in [-0.2, 0) is 4.79 Å². The van der Waals surface area contributed by atoms with E-state index in [2.05, 4.69) is 0 Å². The van der Waals surface area contributed by atoms with Gasteiger partial charge in [-0.3, -0.25) is 9.59 Å². The summed E-state index contributed by atoms with van der Waals surface area (Å²) in [4.78, 5) is 25.5. The maximum absolute atomic E-state index is 13.0. The summed E-state index contributed by atoms with van der Waals surface area (Å²) in [5.74, 6) is -1.09. The summed E-state index contributed by atoms with van der Waals surface area (Å²) in [7, 11) is 3.01. The van der Waals surface area contributed by atoms with Gasteiger partial charge in [-0.15, -0.1) is 0 Å². The Kier molecular flexibility index (Phi) is 5.24. The number of carbonyl (C=O) groups is 1. The number of methoxy groups -OCH3 is 2. The molecule has 178 valence electrons. The van der Waals surface area contributed by atoms with Gasteiger partial charge >= 0.3 is 5.97 Å². The monoisotopic (exact) mass is 476 g/mol. The van der Waals surface area contributed by atoms with E-state index in [4.69, 9.17) is 18.6 Å². The summed E-state index contributed by atoms with van der Waals surface area (Å²) in [6.07, 6.45) is -0.0453. The number of hydrogen-bond acceptors (Lipinski definition) is 9. The fourth-order valence-electron chi connectivity index (χ4n) is 4.33.